The van der Waals surface area contributed by atoms with Gasteiger partial charge in [0.15, 0.2) is 6.61 Å². The average molecular weight is 402 g/mol. The van der Waals surface area contributed by atoms with Crippen LogP contribution in [-0.4, -0.2) is 43.8 Å². The molecule has 0 radical (unpaired) electrons. The first-order valence-corrected chi connectivity index (χ1v) is 8.11. The van der Waals surface area contributed by atoms with Crippen molar-refractivity contribution in [2.75, 3.05) is 19.8 Å². The topological polar surface area (TPSA) is 107 Å². The first kappa shape index (κ1) is 21.2. The summed E-state index contributed by atoms with van der Waals surface area (Å²) < 4.78 is 51.5. The van der Waals surface area contributed by atoms with Crippen LogP contribution in [0.25, 0.3) is 11.0 Å². The fourth-order valence-corrected chi connectivity index (χ4v) is 2.20. The number of carbonyl (C=O) groups is 3. The van der Waals surface area contributed by atoms with Crippen molar-refractivity contribution in [2.24, 2.45) is 0 Å². The first-order valence-electron chi connectivity index (χ1n) is 8.11. The largest absolute Gasteiger partial charge is 0.450 e. The van der Waals surface area contributed by atoms with E-state index < -0.39 is 37.2 Å². The molecule has 0 unspecified atom stereocenters. The zero-order chi connectivity index (χ0) is 20.7. The van der Waals surface area contributed by atoms with E-state index >= 15 is 0 Å². The minimum atomic E-state index is -4.62. The van der Waals surface area contributed by atoms with Gasteiger partial charge in [-0.05, 0) is 13.0 Å². The number of para-hydroxylation sites is 1. The summed E-state index contributed by atoms with van der Waals surface area (Å²) in [5, 5.41) is 3.70. The molecule has 0 bridgehead atoms. The number of ether oxygens (including phenoxy) is 2. The number of fused-ring (bicyclic) bond motifs is 1. The molecule has 0 aliphatic heterocycles. The normalized spacial score (nSPS) is 11.3. The second kappa shape index (κ2) is 9.22. The first-order chi connectivity index (χ1) is 13.2. The van der Waals surface area contributed by atoms with Crippen LogP contribution in [0.2, 0.25) is 0 Å². The fourth-order valence-electron chi connectivity index (χ4n) is 2.20. The highest BCUT2D eigenvalue weighted by molar-refractivity contribution is 5.98. The van der Waals surface area contributed by atoms with Gasteiger partial charge < -0.3 is 19.2 Å². The van der Waals surface area contributed by atoms with E-state index in [0.29, 0.717) is 23.1 Å². The SMILES string of the molecule is CCOCc1c(C(=O)OCC(=O)NC(=O)NCC(F)(F)F)oc2ccccc12. The van der Waals surface area contributed by atoms with Gasteiger partial charge in [-0.25, -0.2) is 9.59 Å². The van der Waals surface area contributed by atoms with E-state index in [0.717, 1.165) is 0 Å². The number of urea groups is 1. The van der Waals surface area contributed by atoms with Crippen molar-refractivity contribution in [2.45, 2.75) is 19.7 Å². The predicted octanol–water partition coefficient (Wildman–Crippen LogP) is 2.51. The number of nitrogens with one attached hydrogen (secondary N) is 2. The monoisotopic (exact) mass is 402 g/mol. The van der Waals surface area contributed by atoms with Crippen molar-refractivity contribution >= 4 is 28.9 Å². The van der Waals surface area contributed by atoms with Crippen LogP contribution in [0.15, 0.2) is 28.7 Å². The highest BCUT2D eigenvalue weighted by Crippen LogP contribution is 2.27. The Bertz CT molecular complexity index is 862. The molecule has 0 aliphatic rings. The van der Waals surface area contributed by atoms with E-state index in [4.69, 9.17) is 13.9 Å². The lowest BCUT2D eigenvalue weighted by Crippen LogP contribution is -2.44. The number of carbonyl (C=O) groups excluding carboxylic acids is 3. The molecular weight excluding hydrogens is 385 g/mol. The molecule has 0 fully saturated rings. The second-order valence-corrected chi connectivity index (χ2v) is 5.47. The molecule has 2 rings (SSSR count). The fraction of sp³-hybridized carbons (Fsp3) is 0.353. The molecule has 28 heavy (non-hydrogen) atoms. The molecule has 0 saturated carbocycles. The molecule has 2 N–H and O–H groups in total. The van der Waals surface area contributed by atoms with Crippen LogP contribution in [0.3, 0.4) is 0 Å². The number of hydrogen-bond acceptors (Lipinski definition) is 6. The standard InChI is InChI=1S/C17H17F3N2O6/c1-2-26-7-11-10-5-3-4-6-12(10)28-14(11)15(24)27-8-13(23)22-16(25)21-9-17(18,19)20/h3-6H,2,7-9H2,1H3,(H2,21,22,23,25). The van der Waals surface area contributed by atoms with Gasteiger partial charge >= 0.3 is 18.2 Å². The molecule has 2 aromatic rings. The lowest BCUT2D eigenvalue weighted by Gasteiger charge is -2.09. The molecule has 1 aromatic carbocycles. The van der Waals surface area contributed by atoms with Crippen molar-refractivity contribution in [1.29, 1.82) is 0 Å². The third kappa shape index (κ3) is 5.98. The van der Waals surface area contributed by atoms with Gasteiger partial charge in [-0.2, -0.15) is 13.2 Å². The smallest absolute Gasteiger partial charge is 0.405 e. The van der Waals surface area contributed by atoms with Crippen LogP contribution >= 0.6 is 0 Å². The van der Waals surface area contributed by atoms with E-state index in [1.165, 1.54) is 5.32 Å². The van der Waals surface area contributed by atoms with E-state index in [-0.39, 0.29) is 12.4 Å². The molecule has 11 heteroatoms. The van der Waals surface area contributed by atoms with Crippen molar-refractivity contribution in [3.8, 4) is 0 Å². The Kier molecular flexibility index (Phi) is 6.99. The lowest BCUT2D eigenvalue weighted by molar-refractivity contribution is -0.125. The number of esters is 1. The van der Waals surface area contributed by atoms with Gasteiger partial charge in [0.25, 0.3) is 5.91 Å². The van der Waals surface area contributed by atoms with Gasteiger partial charge in [0.05, 0.1) is 6.61 Å². The Balaban J connectivity index is 1.97. The number of benzene rings is 1. The summed E-state index contributed by atoms with van der Waals surface area (Å²) in [7, 11) is 0. The summed E-state index contributed by atoms with van der Waals surface area (Å²) in [4.78, 5) is 35.0. The minimum Gasteiger partial charge on any atom is -0.450 e. The highest BCUT2D eigenvalue weighted by atomic mass is 19.4. The third-order valence-corrected chi connectivity index (χ3v) is 3.37. The Labute approximate surface area is 156 Å². The van der Waals surface area contributed by atoms with Gasteiger partial charge in [-0.1, -0.05) is 18.2 Å². The second-order valence-electron chi connectivity index (χ2n) is 5.47. The van der Waals surface area contributed by atoms with Crippen LogP contribution in [0.5, 0.6) is 0 Å². The highest BCUT2D eigenvalue weighted by Gasteiger charge is 2.28. The summed E-state index contributed by atoms with van der Waals surface area (Å²) in [6.07, 6.45) is -4.62. The number of imide groups is 1. The number of rotatable bonds is 7. The van der Waals surface area contributed by atoms with Gasteiger partial charge in [-0.3, -0.25) is 10.1 Å². The molecule has 152 valence electrons. The number of hydrogen-bond donors (Lipinski definition) is 2. The Hall–Kier alpha value is -3.08. The van der Waals surface area contributed by atoms with Crippen LogP contribution < -0.4 is 10.6 Å². The summed E-state index contributed by atoms with van der Waals surface area (Å²) in [6, 6.07) is 5.45. The Morgan fingerprint density at radius 1 is 1.18 bits per heavy atom. The maximum atomic E-state index is 12.2. The van der Waals surface area contributed by atoms with Gasteiger partial charge in [0.1, 0.15) is 12.1 Å². The minimum absolute atomic E-state index is 0.0734. The number of alkyl halides is 3. The molecule has 0 spiro atoms. The number of halogens is 3. The Morgan fingerprint density at radius 3 is 2.57 bits per heavy atom. The van der Waals surface area contributed by atoms with Crippen LogP contribution in [0, 0.1) is 0 Å². The van der Waals surface area contributed by atoms with Crippen molar-refractivity contribution in [3.05, 3.63) is 35.6 Å². The van der Waals surface area contributed by atoms with Crippen LogP contribution in [-0.2, 0) is 20.9 Å². The van der Waals surface area contributed by atoms with Gasteiger partial charge in [0.2, 0.25) is 5.76 Å². The molecule has 0 saturated heterocycles. The van der Waals surface area contributed by atoms with Crippen molar-refractivity contribution < 1.29 is 41.4 Å². The van der Waals surface area contributed by atoms with Crippen molar-refractivity contribution in [3.63, 3.8) is 0 Å². The molecule has 0 aliphatic carbocycles. The van der Waals surface area contributed by atoms with E-state index in [1.807, 2.05) is 0 Å². The maximum Gasteiger partial charge on any atom is 0.405 e. The molecule has 8 nitrogen and oxygen atoms in total. The van der Waals surface area contributed by atoms with Gasteiger partial charge in [-0.15, -0.1) is 0 Å². The Morgan fingerprint density at radius 2 is 1.89 bits per heavy atom. The molecular formula is C17H17F3N2O6. The zero-order valence-electron chi connectivity index (χ0n) is 14.7. The average Bonchev–Trinajstić information content (AvgIpc) is 3.01. The molecule has 3 amide bonds. The van der Waals surface area contributed by atoms with Crippen LogP contribution in [0.1, 0.15) is 23.0 Å². The quantitative estimate of drug-likeness (QED) is 0.690. The van der Waals surface area contributed by atoms with Crippen molar-refractivity contribution in [1.82, 2.24) is 10.6 Å². The van der Waals surface area contributed by atoms with E-state index in [1.54, 1.807) is 36.5 Å². The summed E-state index contributed by atoms with van der Waals surface area (Å²) in [6.45, 7) is -0.253. The zero-order valence-corrected chi connectivity index (χ0v) is 14.7. The van der Waals surface area contributed by atoms with E-state index in [9.17, 15) is 27.6 Å². The number of amides is 3. The number of furan rings is 1. The molecule has 1 heterocycles. The predicted molar refractivity (Wildman–Crippen MR) is 89.4 cm³/mol. The molecule has 1 aromatic heterocycles. The maximum absolute atomic E-state index is 12.2. The van der Waals surface area contributed by atoms with E-state index in [2.05, 4.69) is 0 Å². The summed E-state index contributed by atoms with van der Waals surface area (Å²) in [5.41, 5.74) is 0.853. The van der Waals surface area contributed by atoms with Crippen LogP contribution in [0.4, 0.5) is 18.0 Å². The molecule has 0 atom stereocenters. The lowest BCUT2D eigenvalue weighted by atomic mass is 10.1. The third-order valence-electron chi connectivity index (χ3n) is 3.37. The summed E-state index contributed by atoms with van der Waals surface area (Å²) >= 11 is 0. The summed E-state index contributed by atoms with van der Waals surface area (Å²) in [5.74, 6) is -2.24. The van der Waals surface area contributed by atoms with Gasteiger partial charge in [0, 0.05) is 17.6 Å².